The highest BCUT2D eigenvalue weighted by Crippen LogP contribution is 2.41. The Morgan fingerprint density at radius 2 is 2.10 bits per heavy atom. The molecular formula is C16H22N2OS. The Bertz CT molecular complexity index is 587. The maximum absolute atomic E-state index is 5.59. The zero-order chi connectivity index (χ0) is 14.0. The van der Waals surface area contributed by atoms with Gasteiger partial charge in [-0.2, -0.15) is 0 Å². The van der Waals surface area contributed by atoms with Crippen LogP contribution < -0.4 is 10.1 Å². The van der Waals surface area contributed by atoms with Crippen LogP contribution in [0.1, 0.15) is 38.1 Å². The lowest BCUT2D eigenvalue weighted by molar-refractivity contribution is 0.297. The van der Waals surface area contributed by atoms with E-state index in [1.807, 2.05) is 24.3 Å². The first kappa shape index (κ1) is 13.8. The van der Waals surface area contributed by atoms with E-state index in [-0.39, 0.29) is 5.41 Å². The number of ether oxygens (including phenoxy) is 1. The van der Waals surface area contributed by atoms with E-state index in [2.05, 4.69) is 24.4 Å². The molecular weight excluding hydrogens is 268 g/mol. The Labute approximate surface area is 124 Å². The summed E-state index contributed by atoms with van der Waals surface area (Å²) in [6.07, 6.45) is 3.57. The Morgan fingerprint density at radius 3 is 2.80 bits per heavy atom. The molecule has 2 heterocycles. The number of rotatable bonds is 4. The van der Waals surface area contributed by atoms with Gasteiger partial charge >= 0.3 is 0 Å². The molecule has 0 aliphatic carbocycles. The number of thiazole rings is 1. The van der Waals surface area contributed by atoms with Crippen LogP contribution in [0.15, 0.2) is 18.2 Å². The molecule has 0 spiro atoms. The zero-order valence-corrected chi connectivity index (χ0v) is 13.1. The molecule has 0 atom stereocenters. The van der Waals surface area contributed by atoms with E-state index in [1.54, 1.807) is 0 Å². The highest BCUT2D eigenvalue weighted by atomic mass is 32.1. The van der Waals surface area contributed by atoms with E-state index in [4.69, 9.17) is 9.72 Å². The van der Waals surface area contributed by atoms with Gasteiger partial charge in [0.2, 0.25) is 0 Å². The Morgan fingerprint density at radius 1 is 1.30 bits per heavy atom. The number of piperidine rings is 1. The van der Waals surface area contributed by atoms with Crippen LogP contribution in [0, 0.1) is 0 Å². The average Bonchev–Trinajstić information content (AvgIpc) is 2.92. The summed E-state index contributed by atoms with van der Waals surface area (Å²) < 4.78 is 6.84. The molecule has 1 fully saturated rings. The fraction of sp³-hybridized carbons (Fsp3) is 0.562. The minimum atomic E-state index is 0.278. The predicted molar refractivity (Wildman–Crippen MR) is 84.9 cm³/mol. The second kappa shape index (κ2) is 5.70. The van der Waals surface area contributed by atoms with Gasteiger partial charge in [0.05, 0.1) is 16.8 Å². The lowest BCUT2D eigenvalue weighted by Crippen LogP contribution is -2.39. The minimum absolute atomic E-state index is 0.278. The van der Waals surface area contributed by atoms with Gasteiger partial charge in [-0.05, 0) is 57.5 Å². The molecule has 3 nitrogen and oxygen atoms in total. The third-order valence-corrected chi connectivity index (χ3v) is 5.63. The summed E-state index contributed by atoms with van der Waals surface area (Å²) in [6.45, 7) is 7.23. The number of hydrogen-bond donors (Lipinski definition) is 1. The van der Waals surface area contributed by atoms with Gasteiger partial charge in [-0.3, -0.25) is 0 Å². The number of nitrogens with zero attached hydrogens (tertiary/aromatic N) is 1. The maximum atomic E-state index is 5.59. The number of benzene rings is 1. The van der Waals surface area contributed by atoms with Crippen molar-refractivity contribution in [3.05, 3.63) is 23.2 Å². The normalized spacial score (nSPS) is 18.3. The molecule has 0 bridgehead atoms. The first-order chi connectivity index (χ1) is 9.77. The SMILES string of the molecule is CCOc1ccc2nc(C3(CC)CCNCC3)sc2c1. The summed E-state index contributed by atoms with van der Waals surface area (Å²) in [5, 5.41) is 4.77. The summed E-state index contributed by atoms with van der Waals surface area (Å²) in [5.74, 6) is 0.950. The van der Waals surface area contributed by atoms with E-state index >= 15 is 0 Å². The molecule has 1 aliphatic rings. The molecule has 0 radical (unpaired) electrons. The molecule has 3 rings (SSSR count). The summed E-state index contributed by atoms with van der Waals surface area (Å²) >= 11 is 1.85. The lowest BCUT2D eigenvalue weighted by Gasteiger charge is -2.34. The van der Waals surface area contributed by atoms with Gasteiger partial charge in [-0.1, -0.05) is 6.92 Å². The molecule has 0 unspecified atom stereocenters. The van der Waals surface area contributed by atoms with Crippen molar-refractivity contribution in [3.8, 4) is 5.75 Å². The maximum Gasteiger partial charge on any atom is 0.120 e. The molecule has 0 saturated carbocycles. The van der Waals surface area contributed by atoms with E-state index in [9.17, 15) is 0 Å². The van der Waals surface area contributed by atoms with Gasteiger partial charge in [0.15, 0.2) is 0 Å². The highest BCUT2D eigenvalue weighted by Gasteiger charge is 2.35. The molecule has 1 saturated heterocycles. The second-order valence-corrected chi connectivity index (χ2v) is 6.50. The summed E-state index contributed by atoms with van der Waals surface area (Å²) in [7, 11) is 0. The number of hydrogen-bond acceptors (Lipinski definition) is 4. The van der Waals surface area contributed by atoms with Crippen molar-refractivity contribution in [2.45, 2.75) is 38.5 Å². The van der Waals surface area contributed by atoms with Crippen LogP contribution in [0.4, 0.5) is 0 Å². The Hall–Kier alpha value is -1.13. The molecule has 1 N–H and O–H groups in total. The number of aromatic nitrogens is 1. The van der Waals surface area contributed by atoms with Gasteiger partial charge in [0.1, 0.15) is 10.8 Å². The van der Waals surface area contributed by atoms with Crippen LogP contribution in [-0.4, -0.2) is 24.7 Å². The third-order valence-electron chi connectivity index (χ3n) is 4.36. The monoisotopic (exact) mass is 290 g/mol. The van der Waals surface area contributed by atoms with Crippen molar-refractivity contribution in [1.29, 1.82) is 0 Å². The first-order valence-corrected chi connectivity index (χ1v) is 8.33. The second-order valence-electron chi connectivity index (χ2n) is 5.47. The van der Waals surface area contributed by atoms with E-state index < -0.39 is 0 Å². The van der Waals surface area contributed by atoms with Crippen LogP contribution >= 0.6 is 11.3 Å². The van der Waals surface area contributed by atoms with Crippen LogP contribution in [0.5, 0.6) is 5.75 Å². The fourth-order valence-corrected chi connectivity index (χ4v) is 4.32. The predicted octanol–water partition coefficient (Wildman–Crippen LogP) is 3.73. The molecule has 2 aromatic rings. The van der Waals surface area contributed by atoms with Crippen LogP contribution in [0.3, 0.4) is 0 Å². The fourth-order valence-electron chi connectivity index (χ4n) is 3.01. The number of fused-ring (bicyclic) bond motifs is 1. The molecule has 20 heavy (non-hydrogen) atoms. The van der Waals surface area contributed by atoms with Crippen LogP contribution in [0.2, 0.25) is 0 Å². The Balaban J connectivity index is 1.98. The number of nitrogens with one attached hydrogen (secondary N) is 1. The van der Waals surface area contributed by atoms with E-state index in [0.717, 1.165) is 24.4 Å². The molecule has 1 aromatic heterocycles. The quantitative estimate of drug-likeness (QED) is 0.931. The Kier molecular flexibility index (Phi) is 3.94. The van der Waals surface area contributed by atoms with Gasteiger partial charge < -0.3 is 10.1 Å². The van der Waals surface area contributed by atoms with Crippen molar-refractivity contribution in [1.82, 2.24) is 10.3 Å². The summed E-state index contributed by atoms with van der Waals surface area (Å²) in [6, 6.07) is 6.24. The first-order valence-electron chi connectivity index (χ1n) is 7.52. The topological polar surface area (TPSA) is 34.1 Å². The molecule has 4 heteroatoms. The van der Waals surface area contributed by atoms with Crippen molar-refractivity contribution in [3.63, 3.8) is 0 Å². The van der Waals surface area contributed by atoms with Gasteiger partial charge in [-0.25, -0.2) is 4.98 Å². The standard InChI is InChI=1S/C16H22N2OS/c1-3-16(7-9-17-10-8-16)15-18-13-6-5-12(19-4-2)11-14(13)20-15/h5-6,11,17H,3-4,7-10H2,1-2H3. The van der Waals surface area contributed by atoms with Crippen molar-refractivity contribution >= 4 is 21.6 Å². The largest absolute Gasteiger partial charge is 0.494 e. The molecule has 0 amide bonds. The molecule has 108 valence electrons. The van der Waals surface area contributed by atoms with Gasteiger partial charge in [0.25, 0.3) is 0 Å². The average molecular weight is 290 g/mol. The third kappa shape index (κ3) is 2.42. The van der Waals surface area contributed by atoms with Gasteiger partial charge in [0, 0.05) is 5.41 Å². The van der Waals surface area contributed by atoms with Crippen LogP contribution in [-0.2, 0) is 5.41 Å². The lowest BCUT2D eigenvalue weighted by atomic mass is 9.77. The minimum Gasteiger partial charge on any atom is -0.494 e. The van der Waals surface area contributed by atoms with Crippen LogP contribution in [0.25, 0.3) is 10.2 Å². The summed E-state index contributed by atoms with van der Waals surface area (Å²) in [4.78, 5) is 4.92. The van der Waals surface area contributed by atoms with E-state index in [0.29, 0.717) is 6.61 Å². The van der Waals surface area contributed by atoms with Gasteiger partial charge in [-0.15, -0.1) is 11.3 Å². The van der Waals surface area contributed by atoms with Crippen molar-refractivity contribution < 1.29 is 4.74 Å². The van der Waals surface area contributed by atoms with E-state index in [1.165, 1.54) is 29.0 Å². The smallest absolute Gasteiger partial charge is 0.120 e. The molecule has 1 aromatic carbocycles. The zero-order valence-electron chi connectivity index (χ0n) is 12.2. The summed E-state index contributed by atoms with van der Waals surface area (Å²) in [5.41, 5.74) is 1.39. The van der Waals surface area contributed by atoms with Crippen molar-refractivity contribution in [2.75, 3.05) is 19.7 Å². The highest BCUT2D eigenvalue weighted by molar-refractivity contribution is 7.18. The molecule has 1 aliphatic heterocycles. The van der Waals surface area contributed by atoms with Crippen molar-refractivity contribution in [2.24, 2.45) is 0 Å².